The largest absolute Gasteiger partial charge is 0.280 e. The number of hydrogen-bond donors (Lipinski definition) is 0. The van der Waals surface area contributed by atoms with E-state index in [0.29, 0.717) is 22.2 Å². The van der Waals surface area contributed by atoms with Crippen molar-refractivity contribution in [1.82, 2.24) is 19.9 Å². The summed E-state index contributed by atoms with van der Waals surface area (Å²) < 4.78 is 0.913. The van der Waals surface area contributed by atoms with Gasteiger partial charge in [0.2, 0.25) is 0 Å². The monoisotopic (exact) mass is 381 g/mol. The number of fused-ring (bicyclic) bond motifs is 1. The van der Waals surface area contributed by atoms with Crippen LogP contribution in [0, 0.1) is 0 Å². The summed E-state index contributed by atoms with van der Waals surface area (Å²) in [6.07, 6.45) is 7.87. The standard InChI is InChI=1S/C18H12ClN5OS/c19-13-4-1-5-15-16(13)23-18(26-15)24(11-12-3-2-6-20-9-12)17(25)14-10-21-7-8-22-14/h1-10H,11H2. The van der Waals surface area contributed by atoms with Crippen molar-refractivity contribution >= 4 is 44.2 Å². The fourth-order valence-corrected chi connectivity index (χ4v) is 3.73. The number of aromatic nitrogens is 4. The van der Waals surface area contributed by atoms with Crippen molar-refractivity contribution in [3.63, 3.8) is 0 Å². The third-order valence-corrected chi connectivity index (χ3v) is 5.03. The Labute approximate surface area is 158 Å². The molecule has 4 rings (SSSR count). The molecule has 0 fully saturated rings. The van der Waals surface area contributed by atoms with E-state index in [2.05, 4.69) is 19.9 Å². The Morgan fingerprint density at radius 1 is 1.08 bits per heavy atom. The van der Waals surface area contributed by atoms with Gasteiger partial charge in [0.25, 0.3) is 5.91 Å². The second-order valence-electron chi connectivity index (χ2n) is 5.43. The Morgan fingerprint density at radius 2 is 1.96 bits per heavy atom. The van der Waals surface area contributed by atoms with Crippen molar-refractivity contribution < 1.29 is 4.79 Å². The van der Waals surface area contributed by atoms with Gasteiger partial charge >= 0.3 is 0 Å². The zero-order chi connectivity index (χ0) is 17.9. The lowest BCUT2D eigenvalue weighted by atomic mass is 10.2. The van der Waals surface area contributed by atoms with E-state index < -0.39 is 0 Å². The molecule has 1 amide bonds. The highest BCUT2D eigenvalue weighted by Gasteiger charge is 2.23. The number of anilines is 1. The third kappa shape index (κ3) is 3.26. The van der Waals surface area contributed by atoms with Crippen LogP contribution in [0.25, 0.3) is 10.2 Å². The molecule has 0 unspecified atom stereocenters. The van der Waals surface area contributed by atoms with Gasteiger partial charge in [0.05, 0.1) is 22.5 Å². The number of thiazole rings is 1. The van der Waals surface area contributed by atoms with Gasteiger partial charge in [0, 0.05) is 24.8 Å². The Balaban J connectivity index is 1.78. The van der Waals surface area contributed by atoms with Gasteiger partial charge in [-0.15, -0.1) is 0 Å². The summed E-state index contributed by atoms with van der Waals surface area (Å²) in [4.78, 5) is 31.4. The highest BCUT2D eigenvalue weighted by atomic mass is 35.5. The van der Waals surface area contributed by atoms with Crippen LogP contribution in [-0.2, 0) is 6.54 Å². The van der Waals surface area contributed by atoms with Gasteiger partial charge in [0.15, 0.2) is 5.13 Å². The molecule has 0 atom stereocenters. The highest BCUT2D eigenvalue weighted by Crippen LogP contribution is 2.33. The van der Waals surface area contributed by atoms with Crippen LogP contribution in [0.1, 0.15) is 16.1 Å². The van der Waals surface area contributed by atoms with Gasteiger partial charge < -0.3 is 0 Å². The predicted octanol–water partition coefficient (Wildman–Crippen LogP) is 3.98. The summed E-state index contributed by atoms with van der Waals surface area (Å²) in [5.41, 5.74) is 1.81. The van der Waals surface area contributed by atoms with Crippen molar-refractivity contribution in [2.24, 2.45) is 0 Å². The molecule has 0 aliphatic rings. The zero-order valence-electron chi connectivity index (χ0n) is 13.4. The lowest BCUT2D eigenvalue weighted by Gasteiger charge is -2.19. The van der Waals surface area contributed by atoms with E-state index in [1.54, 1.807) is 23.4 Å². The van der Waals surface area contributed by atoms with E-state index in [1.807, 2.05) is 24.3 Å². The van der Waals surface area contributed by atoms with Gasteiger partial charge in [-0.05, 0) is 23.8 Å². The molecule has 0 bridgehead atoms. The summed E-state index contributed by atoms with van der Waals surface area (Å²) in [7, 11) is 0. The Kier molecular flexibility index (Phi) is 4.55. The predicted molar refractivity (Wildman–Crippen MR) is 101 cm³/mol. The second kappa shape index (κ2) is 7.15. The van der Waals surface area contributed by atoms with Crippen molar-refractivity contribution in [3.8, 4) is 0 Å². The maximum absolute atomic E-state index is 13.0. The SMILES string of the molecule is O=C(c1cnccn1)N(Cc1cccnc1)c1nc2c(Cl)cccc2s1. The number of pyridine rings is 1. The molecular weight excluding hydrogens is 370 g/mol. The molecule has 0 aliphatic heterocycles. The molecule has 0 spiro atoms. The first-order valence-electron chi connectivity index (χ1n) is 7.74. The molecule has 4 aromatic rings. The van der Waals surface area contributed by atoms with Crippen molar-refractivity contribution in [2.75, 3.05) is 4.90 Å². The van der Waals surface area contributed by atoms with Crippen LogP contribution in [0.3, 0.4) is 0 Å². The summed E-state index contributed by atoms with van der Waals surface area (Å²) >= 11 is 7.64. The van der Waals surface area contributed by atoms with Gasteiger partial charge in [0.1, 0.15) is 11.2 Å². The molecule has 0 radical (unpaired) electrons. The minimum atomic E-state index is -0.280. The molecule has 0 saturated carbocycles. The molecule has 3 heterocycles. The van der Waals surface area contributed by atoms with Gasteiger partial charge in [-0.2, -0.15) is 0 Å². The lowest BCUT2D eigenvalue weighted by Crippen LogP contribution is -2.31. The van der Waals surface area contributed by atoms with E-state index in [4.69, 9.17) is 11.6 Å². The normalized spacial score (nSPS) is 10.8. The molecule has 0 saturated heterocycles. The minimum Gasteiger partial charge on any atom is -0.278 e. The zero-order valence-corrected chi connectivity index (χ0v) is 15.0. The molecule has 128 valence electrons. The van der Waals surface area contributed by atoms with Crippen LogP contribution in [-0.4, -0.2) is 25.8 Å². The van der Waals surface area contributed by atoms with Crippen LogP contribution < -0.4 is 4.90 Å². The Bertz CT molecular complexity index is 1060. The second-order valence-corrected chi connectivity index (χ2v) is 6.84. The first-order valence-corrected chi connectivity index (χ1v) is 8.93. The van der Waals surface area contributed by atoms with Crippen LogP contribution in [0.5, 0.6) is 0 Å². The van der Waals surface area contributed by atoms with Gasteiger partial charge in [-0.3, -0.25) is 19.7 Å². The number of carbonyl (C=O) groups is 1. The smallest absolute Gasteiger partial charge is 0.278 e. The van der Waals surface area contributed by atoms with Crippen molar-refractivity contribution in [2.45, 2.75) is 6.54 Å². The highest BCUT2D eigenvalue weighted by molar-refractivity contribution is 7.22. The van der Waals surface area contributed by atoms with Crippen molar-refractivity contribution in [1.29, 1.82) is 0 Å². The fourth-order valence-electron chi connectivity index (χ4n) is 2.47. The number of para-hydroxylation sites is 1. The number of halogens is 1. The maximum atomic E-state index is 13.0. The molecule has 0 aliphatic carbocycles. The van der Waals surface area contributed by atoms with E-state index in [9.17, 15) is 4.79 Å². The Morgan fingerprint density at radius 3 is 2.69 bits per heavy atom. The van der Waals surface area contributed by atoms with E-state index in [-0.39, 0.29) is 11.6 Å². The van der Waals surface area contributed by atoms with E-state index in [1.165, 1.54) is 29.9 Å². The first kappa shape index (κ1) is 16.6. The molecule has 0 N–H and O–H groups in total. The topological polar surface area (TPSA) is 71.9 Å². The molecule has 1 aromatic carbocycles. The first-order chi connectivity index (χ1) is 12.7. The van der Waals surface area contributed by atoms with Crippen molar-refractivity contribution in [3.05, 3.63) is 77.6 Å². The average molecular weight is 382 g/mol. The number of benzene rings is 1. The van der Waals surface area contributed by atoms with Crippen LogP contribution in [0.2, 0.25) is 5.02 Å². The number of amides is 1. The van der Waals surface area contributed by atoms with Crippen LogP contribution in [0.15, 0.2) is 61.3 Å². The summed E-state index contributed by atoms with van der Waals surface area (Å²) in [5.74, 6) is -0.280. The van der Waals surface area contributed by atoms with Gasteiger partial charge in [-0.1, -0.05) is 35.1 Å². The minimum absolute atomic E-state index is 0.252. The summed E-state index contributed by atoms with van der Waals surface area (Å²) in [6, 6.07) is 9.31. The molecule has 8 heteroatoms. The van der Waals surface area contributed by atoms with Crippen LogP contribution >= 0.6 is 22.9 Å². The van der Waals surface area contributed by atoms with E-state index in [0.717, 1.165) is 10.3 Å². The summed E-state index contributed by atoms with van der Waals surface area (Å²) in [6.45, 7) is 0.320. The number of rotatable bonds is 4. The molecule has 6 nitrogen and oxygen atoms in total. The molecular formula is C18H12ClN5OS. The van der Waals surface area contributed by atoms with Gasteiger partial charge in [-0.25, -0.2) is 9.97 Å². The lowest BCUT2D eigenvalue weighted by molar-refractivity contribution is 0.0980. The summed E-state index contributed by atoms with van der Waals surface area (Å²) in [5, 5.41) is 1.10. The average Bonchev–Trinajstić information content (AvgIpc) is 3.12. The fraction of sp³-hybridized carbons (Fsp3) is 0.0556. The third-order valence-electron chi connectivity index (χ3n) is 3.68. The maximum Gasteiger partial charge on any atom is 0.280 e. The van der Waals surface area contributed by atoms with E-state index >= 15 is 0 Å². The molecule has 26 heavy (non-hydrogen) atoms. The Hall–Kier alpha value is -2.90. The quantitative estimate of drug-likeness (QED) is 0.534. The number of nitrogens with zero attached hydrogens (tertiary/aromatic N) is 5. The number of carbonyl (C=O) groups excluding carboxylic acids is 1. The van der Waals surface area contributed by atoms with Crippen LogP contribution in [0.4, 0.5) is 5.13 Å². The molecule has 3 aromatic heterocycles. The number of hydrogen-bond acceptors (Lipinski definition) is 6.